The molecule has 0 aromatic heterocycles. The quantitative estimate of drug-likeness (QED) is 0.206. The number of nitrogens with zero attached hydrogens (tertiary/aromatic N) is 1. The average Bonchev–Trinajstić information content (AvgIpc) is 3.07. The van der Waals surface area contributed by atoms with Crippen LogP contribution in [0.1, 0.15) is 96.8 Å². The van der Waals surface area contributed by atoms with E-state index in [9.17, 15) is 10.2 Å². The number of halogens is 1. The number of β-amino-alcohol motifs (C(OH)–C–C–N with tert-alkyl or cyclic N) is 1. The number of hydrogen-bond acceptors (Lipinski definition) is 3. The van der Waals surface area contributed by atoms with Crippen LogP contribution in [-0.2, 0) is 0 Å². The van der Waals surface area contributed by atoms with Crippen LogP contribution in [0.3, 0.4) is 0 Å². The molecule has 4 nitrogen and oxygen atoms in total. The average molecular weight is 433 g/mol. The molecule has 0 saturated carbocycles. The van der Waals surface area contributed by atoms with Crippen LogP contribution in [-0.4, -0.2) is 60.7 Å². The molecule has 0 spiro atoms. The number of allylic oxidation sites excluding steroid dienone is 2. The van der Waals surface area contributed by atoms with Crippen molar-refractivity contribution >= 4 is 0 Å². The molecule has 0 aromatic carbocycles. The predicted molar refractivity (Wildman–Crippen MR) is 120 cm³/mol. The Kier molecular flexibility index (Phi) is 21.0. The Morgan fingerprint density at radius 1 is 0.828 bits per heavy atom. The minimum absolute atomic E-state index is 0. The van der Waals surface area contributed by atoms with Crippen molar-refractivity contribution in [2.75, 3.05) is 39.4 Å². The highest BCUT2D eigenvalue weighted by molar-refractivity contribution is 4.81. The van der Waals surface area contributed by atoms with Gasteiger partial charge < -0.3 is 27.5 Å². The molecule has 2 unspecified atom stereocenters. The molecule has 5 heteroatoms. The third-order valence-electron chi connectivity index (χ3n) is 6.19. The van der Waals surface area contributed by atoms with Gasteiger partial charge in [0.1, 0.15) is 12.7 Å². The SMILES string of the molecule is CCCCCCCCC=CCCCCCCCC1N(CCO)CC[NH+]1CCO.[Cl-]. The first-order valence-corrected chi connectivity index (χ1v) is 12.3. The van der Waals surface area contributed by atoms with Gasteiger partial charge in [-0.15, -0.1) is 0 Å². The van der Waals surface area contributed by atoms with E-state index in [4.69, 9.17) is 0 Å². The number of hydrogen-bond donors (Lipinski definition) is 3. The lowest BCUT2D eigenvalue weighted by Gasteiger charge is -2.26. The standard InChI is InChI=1S/C24H48N2O2.ClH/c1-2-3-4-5-6-7-8-9-10-11-12-13-14-15-16-17-24-25(20-22-27)18-19-26(24)21-23-28;/h9-10,24,27-28H,2-8,11-23H2,1H3;1H. The maximum Gasteiger partial charge on any atom is 0.144 e. The smallest absolute Gasteiger partial charge is 0.144 e. The Bertz CT molecular complexity index is 355. The normalized spacial score (nSPS) is 19.8. The topological polar surface area (TPSA) is 48.1 Å². The molecule has 1 fully saturated rings. The van der Waals surface area contributed by atoms with Crippen LogP contribution >= 0.6 is 0 Å². The molecule has 3 N–H and O–H groups in total. The first-order chi connectivity index (χ1) is 13.8. The maximum absolute atomic E-state index is 9.27. The second-order valence-electron chi connectivity index (χ2n) is 8.53. The van der Waals surface area contributed by atoms with Gasteiger partial charge in [-0.1, -0.05) is 70.4 Å². The van der Waals surface area contributed by atoms with E-state index in [1.165, 1.54) is 94.8 Å². The largest absolute Gasteiger partial charge is 1.00 e. The van der Waals surface area contributed by atoms with Gasteiger partial charge in [-0.2, -0.15) is 0 Å². The van der Waals surface area contributed by atoms with E-state index in [-0.39, 0.29) is 25.6 Å². The first-order valence-electron chi connectivity index (χ1n) is 12.3. The van der Waals surface area contributed by atoms with Crippen molar-refractivity contribution in [3.05, 3.63) is 12.2 Å². The maximum atomic E-state index is 9.27. The summed E-state index contributed by atoms with van der Waals surface area (Å²) in [4.78, 5) is 3.92. The van der Waals surface area contributed by atoms with Crippen molar-refractivity contribution in [3.8, 4) is 0 Å². The number of aliphatic hydroxyl groups excluding tert-OH is 2. The van der Waals surface area contributed by atoms with Gasteiger partial charge in [0, 0.05) is 13.0 Å². The lowest BCUT2D eigenvalue weighted by Crippen LogP contribution is -3.15. The number of nitrogens with one attached hydrogen (secondary N) is 1. The van der Waals surface area contributed by atoms with Crippen molar-refractivity contribution in [2.24, 2.45) is 0 Å². The van der Waals surface area contributed by atoms with Gasteiger partial charge in [0.05, 0.1) is 26.3 Å². The summed E-state index contributed by atoms with van der Waals surface area (Å²) in [6.07, 6.45) is 24.0. The molecule has 0 aromatic rings. The molecule has 1 aliphatic rings. The summed E-state index contributed by atoms with van der Waals surface area (Å²) in [5, 5.41) is 18.5. The number of quaternary nitrogens is 1. The fraction of sp³-hybridized carbons (Fsp3) is 0.917. The van der Waals surface area contributed by atoms with Gasteiger partial charge in [0.25, 0.3) is 0 Å². The summed E-state index contributed by atoms with van der Waals surface area (Å²) in [6.45, 7) is 6.59. The molecule has 174 valence electrons. The summed E-state index contributed by atoms with van der Waals surface area (Å²) in [5.74, 6) is 0. The van der Waals surface area contributed by atoms with Crippen LogP contribution in [0.4, 0.5) is 0 Å². The molecule has 2 atom stereocenters. The summed E-state index contributed by atoms with van der Waals surface area (Å²) in [5.41, 5.74) is 0. The van der Waals surface area contributed by atoms with Crippen molar-refractivity contribution in [2.45, 2.75) is 103 Å². The van der Waals surface area contributed by atoms with Gasteiger partial charge in [-0.3, -0.25) is 0 Å². The summed E-state index contributed by atoms with van der Waals surface area (Å²) in [7, 11) is 0. The number of rotatable bonds is 19. The molecule has 1 rings (SSSR count). The fourth-order valence-electron chi connectivity index (χ4n) is 4.49. The fourth-order valence-corrected chi connectivity index (χ4v) is 4.49. The van der Waals surface area contributed by atoms with E-state index in [1.54, 1.807) is 0 Å². The highest BCUT2D eigenvalue weighted by Gasteiger charge is 2.34. The van der Waals surface area contributed by atoms with Gasteiger partial charge in [0.2, 0.25) is 0 Å². The molecule has 0 bridgehead atoms. The molecule has 1 aliphatic heterocycles. The number of aliphatic hydroxyl groups is 2. The Labute approximate surface area is 187 Å². The van der Waals surface area contributed by atoms with Gasteiger partial charge >= 0.3 is 0 Å². The van der Waals surface area contributed by atoms with Crippen molar-refractivity contribution in [1.29, 1.82) is 0 Å². The second-order valence-corrected chi connectivity index (χ2v) is 8.53. The van der Waals surface area contributed by atoms with Gasteiger partial charge in [0.15, 0.2) is 0 Å². The molecule has 0 aliphatic carbocycles. The molecular weight excluding hydrogens is 384 g/mol. The zero-order chi connectivity index (χ0) is 20.3. The zero-order valence-electron chi connectivity index (χ0n) is 19.1. The van der Waals surface area contributed by atoms with E-state index in [0.29, 0.717) is 6.17 Å². The number of unbranched alkanes of at least 4 members (excludes halogenated alkanes) is 11. The van der Waals surface area contributed by atoms with Crippen LogP contribution in [0.25, 0.3) is 0 Å². The van der Waals surface area contributed by atoms with E-state index in [2.05, 4.69) is 24.0 Å². The third kappa shape index (κ3) is 14.5. The lowest BCUT2D eigenvalue weighted by atomic mass is 10.1. The van der Waals surface area contributed by atoms with E-state index in [0.717, 1.165) is 26.2 Å². The summed E-state index contributed by atoms with van der Waals surface area (Å²) in [6, 6.07) is 0. The monoisotopic (exact) mass is 432 g/mol. The van der Waals surface area contributed by atoms with E-state index < -0.39 is 0 Å². The van der Waals surface area contributed by atoms with Gasteiger partial charge in [-0.05, 0) is 32.1 Å². The zero-order valence-corrected chi connectivity index (χ0v) is 19.8. The third-order valence-corrected chi connectivity index (χ3v) is 6.19. The van der Waals surface area contributed by atoms with E-state index in [1.807, 2.05) is 0 Å². The van der Waals surface area contributed by atoms with Gasteiger partial charge in [-0.25, -0.2) is 4.90 Å². The molecule has 1 saturated heterocycles. The first kappa shape index (κ1) is 28.9. The van der Waals surface area contributed by atoms with Crippen molar-refractivity contribution < 1.29 is 27.5 Å². The highest BCUT2D eigenvalue weighted by Crippen LogP contribution is 2.12. The minimum Gasteiger partial charge on any atom is -1.00 e. The second kappa shape index (κ2) is 21.1. The molecule has 0 radical (unpaired) electrons. The molecule has 0 amide bonds. The van der Waals surface area contributed by atoms with Crippen LogP contribution in [0.2, 0.25) is 0 Å². The molecule has 1 heterocycles. The van der Waals surface area contributed by atoms with E-state index >= 15 is 0 Å². The molecular formula is C24H49ClN2O2. The lowest BCUT2D eigenvalue weighted by molar-refractivity contribution is -0.919. The van der Waals surface area contributed by atoms with Crippen molar-refractivity contribution in [1.82, 2.24) is 4.90 Å². The van der Waals surface area contributed by atoms with Crippen LogP contribution in [0, 0.1) is 0 Å². The summed E-state index contributed by atoms with van der Waals surface area (Å²) >= 11 is 0. The summed E-state index contributed by atoms with van der Waals surface area (Å²) < 4.78 is 0. The van der Waals surface area contributed by atoms with Crippen LogP contribution in [0.15, 0.2) is 12.2 Å². The minimum atomic E-state index is 0. The Hall–Kier alpha value is -0.130. The Morgan fingerprint density at radius 2 is 1.41 bits per heavy atom. The Balaban J connectivity index is 0.00000784. The molecule has 29 heavy (non-hydrogen) atoms. The predicted octanol–water partition coefficient (Wildman–Crippen LogP) is 0.539. The van der Waals surface area contributed by atoms with Crippen molar-refractivity contribution in [3.63, 3.8) is 0 Å². The Morgan fingerprint density at radius 3 is 2.00 bits per heavy atom. The van der Waals surface area contributed by atoms with Crippen LogP contribution < -0.4 is 17.3 Å². The highest BCUT2D eigenvalue weighted by atomic mass is 35.5. The van der Waals surface area contributed by atoms with Crippen LogP contribution in [0.5, 0.6) is 0 Å².